The van der Waals surface area contributed by atoms with E-state index < -0.39 is 0 Å². The third kappa shape index (κ3) is 1.78. The highest BCUT2D eigenvalue weighted by molar-refractivity contribution is 9.10. The van der Waals surface area contributed by atoms with Gasteiger partial charge in [-0.05, 0) is 34.8 Å². The fraction of sp³-hybridized carbons (Fsp3) is 0.385. The van der Waals surface area contributed by atoms with Crippen molar-refractivity contribution in [3.8, 4) is 0 Å². The average molecular weight is 282 g/mol. The first-order valence-corrected chi connectivity index (χ1v) is 6.45. The largest absolute Gasteiger partial charge is 0.388 e. The summed E-state index contributed by atoms with van der Waals surface area (Å²) in [6, 6.07) is 6.08. The number of aliphatic hydroxyl groups excluding tert-OH is 1. The lowest BCUT2D eigenvalue weighted by molar-refractivity contribution is 0.174. The minimum atomic E-state index is -0.377. The van der Waals surface area contributed by atoms with Gasteiger partial charge in [0, 0.05) is 21.1 Å². The number of rotatable bonds is 3. The van der Waals surface area contributed by atoms with Gasteiger partial charge in [-0.3, -0.25) is 0 Å². The molecule has 1 unspecified atom stereocenters. The van der Waals surface area contributed by atoms with Crippen LogP contribution >= 0.6 is 15.9 Å². The topological polar surface area (TPSA) is 36.0 Å². The Morgan fingerprint density at radius 3 is 2.75 bits per heavy atom. The molecule has 1 aromatic heterocycles. The van der Waals surface area contributed by atoms with E-state index >= 15 is 0 Å². The molecule has 0 spiro atoms. The quantitative estimate of drug-likeness (QED) is 0.879. The first-order valence-electron chi connectivity index (χ1n) is 5.66. The number of aromatic amines is 1. The van der Waals surface area contributed by atoms with Gasteiger partial charge in [-0.15, -0.1) is 0 Å². The maximum Gasteiger partial charge on any atom is 0.0810 e. The van der Waals surface area contributed by atoms with Crippen molar-refractivity contribution in [3.63, 3.8) is 0 Å². The van der Waals surface area contributed by atoms with Crippen molar-refractivity contribution >= 4 is 26.8 Å². The molecule has 2 rings (SSSR count). The summed E-state index contributed by atoms with van der Waals surface area (Å²) in [6.07, 6.45) is 1.28. The number of halogens is 1. The Kier molecular flexibility index (Phi) is 3.36. The molecule has 0 fully saturated rings. The first kappa shape index (κ1) is 11.7. The molecule has 1 aromatic carbocycles. The smallest absolute Gasteiger partial charge is 0.0810 e. The number of nitrogens with one attached hydrogen (secondary N) is 1. The van der Waals surface area contributed by atoms with E-state index in [1.165, 1.54) is 0 Å². The number of H-pyrrole nitrogens is 1. The summed E-state index contributed by atoms with van der Waals surface area (Å²) in [5.74, 6) is 0. The second-order valence-corrected chi connectivity index (χ2v) is 4.81. The van der Waals surface area contributed by atoms with Crippen LogP contribution in [0.1, 0.15) is 37.6 Å². The molecule has 0 saturated carbocycles. The molecule has 0 bridgehead atoms. The first-order chi connectivity index (χ1) is 7.69. The monoisotopic (exact) mass is 281 g/mol. The highest BCUT2D eigenvalue weighted by atomic mass is 79.9. The van der Waals surface area contributed by atoms with E-state index in [1.807, 2.05) is 19.1 Å². The van der Waals surface area contributed by atoms with Crippen LogP contribution in [0, 0.1) is 0 Å². The Morgan fingerprint density at radius 1 is 1.38 bits per heavy atom. The molecular formula is C13H16BrNO. The van der Waals surface area contributed by atoms with Crippen molar-refractivity contribution in [1.82, 2.24) is 4.98 Å². The normalized spacial score (nSPS) is 13.2. The lowest BCUT2D eigenvalue weighted by Gasteiger charge is -2.09. The average Bonchev–Trinajstić information content (AvgIpc) is 2.68. The Bertz CT molecular complexity index is 504. The van der Waals surface area contributed by atoms with Gasteiger partial charge in [0.25, 0.3) is 0 Å². The number of aryl methyl sites for hydroxylation is 1. The number of para-hydroxylation sites is 1. The van der Waals surface area contributed by atoms with Gasteiger partial charge in [-0.1, -0.05) is 26.0 Å². The van der Waals surface area contributed by atoms with E-state index in [9.17, 15) is 5.11 Å². The molecule has 0 radical (unpaired) electrons. The molecule has 2 aromatic rings. The molecule has 1 heterocycles. The number of aromatic nitrogens is 1. The van der Waals surface area contributed by atoms with Gasteiger partial charge in [-0.2, -0.15) is 0 Å². The molecule has 0 aliphatic heterocycles. The van der Waals surface area contributed by atoms with Crippen molar-refractivity contribution in [2.45, 2.75) is 32.8 Å². The van der Waals surface area contributed by atoms with E-state index in [0.29, 0.717) is 0 Å². The van der Waals surface area contributed by atoms with Crippen LogP contribution in [0.15, 0.2) is 22.7 Å². The summed E-state index contributed by atoms with van der Waals surface area (Å²) in [4.78, 5) is 3.39. The Hall–Kier alpha value is -0.800. The van der Waals surface area contributed by atoms with Gasteiger partial charge in [-0.25, -0.2) is 0 Å². The zero-order valence-electron chi connectivity index (χ0n) is 9.55. The summed E-state index contributed by atoms with van der Waals surface area (Å²) >= 11 is 3.53. The van der Waals surface area contributed by atoms with Crippen LogP contribution < -0.4 is 0 Å². The SMILES string of the molecule is CCc1[nH]c2c(Br)cccc2c1C(O)CC. The number of fused-ring (bicyclic) bond motifs is 1. The van der Waals surface area contributed by atoms with Crippen molar-refractivity contribution in [3.05, 3.63) is 33.9 Å². The van der Waals surface area contributed by atoms with Crippen LogP contribution in [0.3, 0.4) is 0 Å². The molecule has 0 aliphatic carbocycles. The van der Waals surface area contributed by atoms with E-state index in [2.05, 4.69) is 33.9 Å². The summed E-state index contributed by atoms with van der Waals surface area (Å²) in [5, 5.41) is 11.2. The number of benzene rings is 1. The molecule has 0 aliphatic rings. The maximum absolute atomic E-state index is 10.1. The Balaban J connectivity index is 2.73. The van der Waals surface area contributed by atoms with E-state index in [0.717, 1.165) is 39.5 Å². The lowest BCUT2D eigenvalue weighted by Crippen LogP contribution is -1.98. The summed E-state index contributed by atoms with van der Waals surface area (Å²) in [6.45, 7) is 4.10. The minimum Gasteiger partial charge on any atom is -0.388 e. The molecule has 0 saturated heterocycles. The summed E-state index contributed by atoms with van der Waals surface area (Å²) < 4.78 is 1.05. The van der Waals surface area contributed by atoms with Crippen molar-refractivity contribution in [2.24, 2.45) is 0 Å². The summed E-state index contributed by atoms with van der Waals surface area (Å²) in [7, 11) is 0. The molecule has 2 N–H and O–H groups in total. The van der Waals surface area contributed by atoms with Crippen molar-refractivity contribution < 1.29 is 5.11 Å². The second kappa shape index (κ2) is 4.60. The Labute approximate surface area is 104 Å². The Morgan fingerprint density at radius 2 is 2.12 bits per heavy atom. The number of hydrogen-bond donors (Lipinski definition) is 2. The molecule has 3 heteroatoms. The van der Waals surface area contributed by atoms with Crippen LogP contribution in [0.5, 0.6) is 0 Å². The van der Waals surface area contributed by atoms with Crippen LogP contribution in [0.25, 0.3) is 10.9 Å². The van der Waals surface area contributed by atoms with Gasteiger partial charge in [0.2, 0.25) is 0 Å². The fourth-order valence-corrected chi connectivity index (χ4v) is 2.59. The number of aliphatic hydroxyl groups is 1. The molecule has 2 nitrogen and oxygen atoms in total. The van der Waals surface area contributed by atoms with Gasteiger partial charge in [0.05, 0.1) is 11.6 Å². The number of hydrogen-bond acceptors (Lipinski definition) is 1. The van der Waals surface area contributed by atoms with Crippen LogP contribution in [0.2, 0.25) is 0 Å². The van der Waals surface area contributed by atoms with Crippen LogP contribution in [0.4, 0.5) is 0 Å². The zero-order chi connectivity index (χ0) is 11.7. The maximum atomic E-state index is 10.1. The molecule has 0 amide bonds. The van der Waals surface area contributed by atoms with E-state index in [1.54, 1.807) is 0 Å². The fourth-order valence-electron chi connectivity index (χ4n) is 2.12. The van der Waals surface area contributed by atoms with Gasteiger partial charge in [0.1, 0.15) is 0 Å². The predicted octanol–water partition coefficient (Wildman–Crippen LogP) is 3.94. The van der Waals surface area contributed by atoms with Crippen molar-refractivity contribution in [1.29, 1.82) is 0 Å². The molecular weight excluding hydrogens is 266 g/mol. The molecule has 1 atom stereocenters. The van der Waals surface area contributed by atoms with E-state index in [-0.39, 0.29) is 6.10 Å². The van der Waals surface area contributed by atoms with E-state index in [4.69, 9.17) is 0 Å². The molecule has 16 heavy (non-hydrogen) atoms. The van der Waals surface area contributed by atoms with Crippen LogP contribution in [-0.2, 0) is 6.42 Å². The lowest BCUT2D eigenvalue weighted by atomic mass is 10.0. The second-order valence-electron chi connectivity index (χ2n) is 3.96. The third-order valence-electron chi connectivity index (χ3n) is 2.98. The van der Waals surface area contributed by atoms with Crippen LogP contribution in [-0.4, -0.2) is 10.1 Å². The highest BCUT2D eigenvalue weighted by Gasteiger charge is 2.17. The van der Waals surface area contributed by atoms with Gasteiger partial charge >= 0.3 is 0 Å². The van der Waals surface area contributed by atoms with Crippen molar-refractivity contribution in [2.75, 3.05) is 0 Å². The highest BCUT2D eigenvalue weighted by Crippen LogP contribution is 2.33. The minimum absolute atomic E-state index is 0.377. The summed E-state index contributed by atoms with van der Waals surface area (Å²) in [5.41, 5.74) is 3.28. The third-order valence-corrected chi connectivity index (χ3v) is 3.64. The van der Waals surface area contributed by atoms with Gasteiger partial charge in [0.15, 0.2) is 0 Å². The predicted molar refractivity (Wildman–Crippen MR) is 70.6 cm³/mol. The molecule has 86 valence electrons. The standard InChI is InChI=1S/C13H16BrNO/c1-3-10-12(11(16)4-2)8-6-5-7-9(14)13(8)15-10/h5-7,11,15-16H,3-4H2,1-2H3. The van der Waals surface area contributed by atoms with Gasteiger partial charge < -0.3 is 10.1 Å². The zero-order valence-corrected chi connectivity index (χ0v) is 11.1.